The van der Waals surface area contributed by atoms with E-state index in [9.17, 15) is 9.90 Å². The molecule has 3 N–H and O–H groups in total. The van der Waals surface area contributed by atoms with Crippen molar-refractivity contribution in [3.8, 4) is 0 Å². The lowest BCUT2D eigenvalue weighted by Gasteiger charge is -2.46. The number of ether oxygens (including phenoxy) is 1. The molecule has 17 heavy (non-hydrogen) atoms. The average Bonchev–Trinajstić information content (AvgIpc) is 2.21. The largest absolute Gasteiger partial charge is 0.444 e. The monoisotopic (exact) mass is 242 g/mol. The number of aliphatic hydroxyl groups is 1. The molecule has 98 valence electrons. The van der Waals surface area contributed by atoms with Crippen LogP contribution in [-0.4, -0.2) is 41.5 Å². The van der Waals surface area contributed by atoms with Crippen LogP contribution < -0.4 is 10.6 Å². The van der Waals surface area contributed by atoms with Gasteiger partial charge in [-0.15, -0.1) is 0 Å². The molecule has 3 fully saturated rings. The first-order valence-electron chi connectivity index (χ1n) is 6.28. The molecule has 3 aliphatic rings. The van der Waals surface area contributed by atoms with Crippen LogP contribution in [0.3, 0.4) is 0 Å². The zero-order valence-corrected chi connectivity index (χ0v) is 10.7. The fourth-order valence-corrected chi connectivity index (χ4v) is 2.66. The van der Waals surface area contributed by atoms with Crippen molar-refractivity contribution in [1.82, 2.24) is 10.6 Å². The van der Waals surface area contributed by atoms with Gasteiger partial charge in [0.1, 0.15) is 5.60 Å². The Balaban J connectivity index is 1.92. The van der Waals surface area contributed by atoms with Gasteiger partial charge in [0.2, 0.25) is 0 Å². The van der Waals surface area contributed by atoms with Crippen LogP contribution in [0.25, 0.3) is 0 Å². The first-order chi connectivity index (χ1) is 7.87. The Bertz CT molecular complexity index is 291. The lowest BCUT2D eigenvalue weighted by molar-refractivity contribution is -0.0176. The van der Waals surface area contributed by atoms with E-state index in [0.29, 0.717) is 0 Å². The Morgan fingerprint density at radius 3 is 2.59 bits per heavy atom. The van der Waals surface area contributed by atoms with Gasteiger partial charge in [0, 0.05) is 12.6 Å². The van der Waals surface area contributed by atoms with Gasteiger partial charge >= 0.3 is 6.09 Å². The predicted molar refractivity (Wildman–Crippen MR) is 63.7 cm³/mol. The molecule has 2 saturated heterocycles. The fraction of sp³-hybridized carbons (Fsp3) is 0.917. The van der Waals surface area contributed by atoms with Gasteiger partial charge in [-0.3, -0.25) is 0 Å². The summed E-state index contributed by atoms with van der Waals surface area (Å²) in [5.41, 5.74) is -0.504. The lowest BCUT2D eigenvalue weighted by Crippen LogP contribution is -2.67. The second-order valence-corrected chi connectivity index (χ2v) is 6.01. The number of aliphatic hydroxyl groups excluding tert-OH is 1. The minimum atomic E-state index is -0.504. The molecule has 1 aliphatic carbocycles. The molecule has 1 amide bonds. The Morgan fingerprint density at radius 1 is 1.41 bits per heavy atom. The van der Waals surface area contributed by atoms with Gasteiger partial charge in [-0.2, -0.15) is 0 Å². The third-order valence-electron chi connectivity index (χ3n) is 3.46. The van der Waals surface area contributed by atoms with Crippen molar-refractivity contribution < 1.29 is 14.6 Å². The van der Waals surface area contributed by atoms with Crippen molar-refractivity contribution in [3.63, 3.8) is 0 Å². The third kappa shape index (κ3) is 2.90. The lowest BCUT2D eigenvalue weighted by atomic mass is 9.76. The zero-order chi connectivity index (χ0) is 12.6. The van der Waals surface area contributed by atoms with Crippen LogP contribution >= 0.6 is 0 Å². The molecule has 0 radical (unpaired) electrons. The van der Waals surface area contributed by atoms with Crippen LogP contribution in [0.5, 0.6) is 0 Å². The maximum atomic E-state index is 11.7. The van der Waals surface area contributed by atoms with Crippen LogP contribution in [0.1, 0.15) is 33.6 Å². The highest BCUT2D eigenvalue weighted by atomic mass is 16.6. The number of piperidine rings is 2. The summed E-state index contributed by atoms with van der Waals surface area (Å²) in [4.78, 5) is 11.7. The topological polar surface area (TPSA) is 70.6 Å². The standard InChI is InChI=1S/C12H22N2O3/c1-12(2,3)17-11(16)14-9-8-5-4-7(6-13-8)10(9)15/h7-10,13,15H,4-6H2,1-3H3,(H,14,16). The van der Waals surface area contributed by atoms with Crippen molar-refractivity contribution >= 4 is 6.09 Å². The summed E-state index contributed by atoms with van der Waals surface area (Å²) in [6.45, 7) is 6.33. The molecule has 0 aromatic heterocycles. The molecule has 5 heteroatoms. The van der Waals surface area contributed by atoms with Crippen LogP contribution in [0.2, 0.25) is 0 Å². The van der Waals surface area contributed by atoms with Crippen LogP contribution in [-0.2, 0) is 4.74 Å². The summed E-state index contributed by atoms with van der Waals surface area (Å²) in [6, 6.07) is -0.0557. The number of nitrogens with one attached hydrogen (secondary N) is 2. The Hall–Kier alpha value is -0.810. The van der Waals surface area contributed by atoms with Gasteiger partial charge in [0.25, 0.3) is 0 Å². The van der Waals surface area contributed by atoms with Crippen LogP contribution in [0.15, 0.2) is 0 Å². The summed E-state index contributed by atoms with van der Waals surface area (Å²) in [6.07, 6.45) is 1.13. The first-order valence-corrected chi connectivity index (χ1v) is 6.28. The van der Waals surface area contributed by atoms with E-state index >= 15 is 0 Å². The Morgan fingerprint density at radius 2 is 2.12 bits per heavy atom. The van der Waals surface area contributed by atoms with Gasteiger partial charge in [0.15, 0.2) is 0 Å². The number of rotatable bonds is 1. The quantitative estimate of drug-likeness (QED) is 0.630. The molecule has 5 nitrogen and oxygen atoms in total. The van der Waals surface area contributed by atoms with E-state index in [-0.39, 0.29) is 18.0 Å². The molecule has 2 bridgehead atoms. The van der Waals surface area contributed by atoms with Crippen LogP contribution in [0, 0.1) is 5.92 Å². The van der Waals surface area contributed by atoms with E-state index in [1.54, 1.807) is 0 Å². The van der Waals surface area contributed by atoms with Crippen molar-refractivity contribution in [2.75, 3.05) is 6.54 Å². The van der Waals surface area contributed by atoms with E-state index in [2.05, 4.69) is 10.6 Å². The zero-order valence-electron chi connectivity index (χ0n) is 10.7. The molecule has 3 rings (SSSR count). The van der Waals surface area contributed by atoms with Gasteiger partial charge < -0.3 is 20.5 Å². The number of hydrogen-bond donors (Lipinski definition) is 3. The molecular formula is C12H22N2O3. The summed E-state index contributed by atoms with van der Waals surface area (Å²) in [5, 5.41) is 16.2. The average molecular weight is 242 g/mol. The number of fused-ring (bicyclic) bond motifs is 3. The number of carbonyl (C=O) groups is 1. The van der Waals surface area contributed by atoms with Crippen molar-refractivity contribution in [2.45, 2.75) is 57.4 Å². The van der Waals surface area contributed by atoms with Crippen molar-refractivity contribution in [3.05, 3.63) is 0 Å². The number of alkyl carbamates (subject to hydrolysis) is 1. The van der Waals surface area contributed by atoms with Gasteiger partial charge in [-0.1, -0.05) is 0 Å². The van der Waals surface area contributed by atoms with Crippen LogP contribution in [0.4, 0.5) is 4.79 Å². The Kier molecular flexibility index (Phi) is 3.32. The molecule has 4 unspecified atom stereocenters. The number of hydrogen-bond acceptors (Lipinski definition) is 4. The second kappa shape index (κ2) is 4.46. The fourth-order valence-electron chi connectivity index (χ4n) is 2.66. The van der Waals surface area contributed by atoms with E-state index in [1.807, 2.05) is 20.8 Å². The second-order valence-electron chi connectivity index (χ2n) is 6.01. The van der Waals surface area contributed by atoms with E-state index < -0.39 is 17.8 Å². The van der Waals surface area contributed by atoms with Gasteiger partial charge in [0.05, 0.1) is 12.1 Å². The SMILES string of the molecule is CC(C)(C)OC(=O)NC1C2CCC(CN2)C1O. The van der Waals surface area contributed by atoms with E-state index in [1.165, 1.54) is 0 Å². The van der Waals surface area contributed by atoms with Crippen molar-refractivity contribution in [2.24, 2.45) is 5.92 Å². The van der Waals surface area contributed by atoms with Gasteiger partial charge in [-0.25, -0.2) is 4.79 Å². The summed E-state index contributed by atoms with van der Waals surface area (Å²) >= 11 is 0. The number of carbonyl (C=O) groups excluding carboxylic acids is 1. The third-order valence-corrected chi connectivity index (χ3v) is 3.46. The molecule has 0 spiro atoms. The molecule has 0 aromatic rings. The minimum Gasteiger partial charge on any atom is -0.444 e. The molecule has 2 heterocycles. The highest BCUT2D eigenvalue weighted by molar-refractivity contribution is 5.68. The normalized spacial score (nSPS) is 36.7. The maximum absolute atomic E-state index is 11.7. The summed E-state index contributed by atoms with van der Waals surface area (Å²) in [5.74, 6) is 0.250. The molecule has 1 saturated carbocycles. The molecular weight excluding hydrogens is 220 g/mol. The smallest absolute Gasteiger partial charge is 0.408 e. The van der Waals surface area contributed by atoms with Crippen molar-refractivity contribution in [1.29, 1.82) is 0 Å². The predicted octanol–water partition coefficient (Wildman–Crippen LogP) is 0.622. The number of amides is 1. The van der Waals surface area contributed by atoms with E-state index in [4.69, 9.17) is 4.74 Å². The van der Waals surface area contributed by atoms with Gasteiger partial charge in [-0.05, 0) is 39.5 Å². The minimum absolute atomic E-state index is 0.169. The molecule has 4 atom stereocenters. The summed E-state index contributed by atoms with van der Waals surface area (Å²) in [7, 11) is 0. The first kappa shape index (κ1) is 12.6. The highest BCUT2D eigenvalue weighted by Gasteiger charge is 2.43. The maximum Gasteiger partial charge on any atom is 0.408 e. The summed E-state index contributed by atoms with van der Waals surface area (Å²) < 4.78 is 5.21. The Labute approximate surface area is 102 Å². The van der Waals surface area contributed by atoms with E-state index in [0.717, 1.165) is 19.4 Å². The highest BCUT2D eigenvalue weighted by Crippen LogP contribution is 2.29. The molecule has 0 aromatic carbocycles. The molecule has 2 aliphatic heterocycles.